The molecular weight excluding hydrogens is 214 g/mol. The third-order valence-electron chi connectivity index (χ3n) is 3.38. The van der Waals surface area contributed by atoms with E-state index < -0.39 is 0 Å². The van der Waals surface area contributed by atoms with Crippen molar-refractivity contribution in [2.45, 2.75) is 32.2 Å². The van der Waals surface area contributed by atoms with Crippen LogP contribution >= 0.6 is 0 Å². The van der Waals surface area contributed by atoms with Crippen LogP contribution in [0, 0.1) is 0 Å². The summed E-state index contributed by atoms with van der Waals surface area (Å²) in [6.45, 7) is 2.93. The van der Waals surface area contributed by atoms with Gasteiger partial charge in [-0.05, 0) is 37.9 Å². The van der Waals surface area contributed by atoms with Gasteiger partial charge in [0.25, 0.3) is 0 Å². The Morgan fingerprint density at radius 1 is 1.47 bits per heavy atom. The van der Waals surface area contributed by atoms with E-state index in [-0.39, 0.29) is 0 Å². The minimum absolute atomic E-state index is 0.368. The second-order valence-corrected chi connectivity index (χ2v) is 4.40. The zero-order valence-electron chi connectivity index (χ0n) is 10.9. The Kier molecular flexibility index (Phi) is 3.89. The molecule has 0 fully saturated rings. The maximum atomic E-state index is 5.84. The molecule has 1 atom stereocenters. The number of ether oxygens (including phenoxy) is 2. The Labute approximate surface area is 103 Å². The van der Waals surface area contributed by atoms with Crippen LogP contribution in [0.4, 0.5) is 0 Å². The summed E-state index contributed by atoms with van der Waals surface area (Å²) in [7, 11) is 3.71. The molecule has 1 aliphatic heterocycles. The summed E-state index contributed by atoms with van der Waals surface area (Å²) in [4.78, 5) is 0. The van der Waals surface area contributed by atoms with Gasteiger partial charge in [-0.25, -0.2) is 0 Å². The Morgan fingerprint density at radius 2 is 2.29 bits per heavy atom. The van der Waals surface area contributed by atoms with Crippen molar-refractivity contribution >= 4 is 0 Å². The molecule has 0 aromatic heterocycles. The van der Waals surface area contributed by atoms with Gasteiger partial charge >= 0.3 is 0 Å². The second kappa shape index (κ2) is 5.41. The number of methoxy groups -OCH3 is 1. The molecule has 0 saturated heterocycles. The number of hydrogen-bond acceptors (Lipinski definition) is 3. The first-order chi connectivity index (χ1) is 8.30. The lowest BCUT2D eigenvalue weighted by atomic mass is 9.98. The Hall–Kier alpha value is -1.22. The number of fused-ring (bicyclic) bond motifs is 1. The highest BCUT2D eigenvalue weighted by Crippen LogP contribution is 2.39. The molecule has 0 saturated carbocycles. The lowest BCUT2D eigenvalue weighted by molar-refractivity contribution is 0.294. The van der Waals surface area contributed by atoms with Gasteiger partial charge in [-0.3, -0.25) is 0 Å². The number of hydrogen-bond donors (Lipinski definition) is 1. The van der Waals surface area contributed by atoms with Crippen molar-refractivity contribution in [3.05, 3.63) is 23.3 Å². The normalized spacial score (nSPS) is 19.1. The van der Waals surface area contributed by atoms with Crippen molar-refractivity contribution in [3.63, 3.8) is 0 Å². The molecule has 1 aliphatic rings. The lowest BCUT2D eigenvalue weighted by Gasteiger charge is -2.19. The molecule has 1 N–H and O–H groups in total. The molecule has 1 heterocycles. The lowest BCUT2D eigenvalue weighted by Crippen LogP contribution is -2.16. The zero-order valence-corrected chi connectivity index (χ0v) is 10.9. The van der Waals surface area contributed by atoms with Crippen LogP contribution in [0.25, 0.3) is 0 Å². The van der Waals surface area contributed by atoms with Crippen LogP contribution in [0.3, 0.4) is 0 Å². The highest BCUT2D eigenvalue weighted by Gasteiger charge is 2.22. The van der Waals surface area contributed by atoms with E-state index in [2.05, 4.69) is 24.4 Å². The smallest absolute Gasteiger partial charge is 0.165 e. The van der Waals surface area contributed by atoms with E-state index in [0.29, 0.717) is 6.04 Å². The fraction of sp³-hybridized carbons (Fsp3) is 0.571. The van der Waals surface area contributed by atoms with Crippen molar-refractivity contribution in [2.75, 3.05) is 20.8 Å². The molecule has 2 rings (SSSR count). The molecule has 3 heteroatoms. The number of benzene rings is 1. The zero-order chi connectivity index (χ0) is 12.3. The number of nitrogens with one attached hydrogen (secondary N) is 1. The van der Waals surface area contributed by atoms with E-state index in [0.717, 1.165) is 37.4 Å². The van der Waals surface area contributed by atoms with Gasteiger partial charge in [-0.2, -0.15) is 0 Å². The van der Waals surface area contributed by atoms with Crippen LogP contribution in [0.15, 0.2) is 12.1 Å². The van der Waals surface area contributed by atoms with Crippen molar-refractivity contribution in [2.24, 2.45) is 0 Å². The van der Waals surface area contributed by atoms with Crippen LogP contribution in [0.2, 0.25) is 0 Å². The van der Waals surface area contributed by atoms with Gasteiger partial charge in [-0.15, -0.1) is 0 Å². The highest BCUT2D eigenvalue weighted by molar-refractivity contribution is 5.51. The maximum absolute atomic E-state index is 5.84. The van der Waals surface area contributed by atoms with E-state index in [9.17, 15) is 0 Å². The minimum Gasteiger partial charge on any atom is -0.493 e. The van der Waals surface area contributed by atoms with Crippen LogP contribution < -0.4 is 14.8 Å². The van der Waals surface area contributed by atoms with E-state index in [1.807, 2.05) is 7.05 Å². The molecule has 1 aromatic rings. The molecular formula is C14H21NO2. The van der Waals surface area contributed by atoms with Gasteiger partial charge in [0, 0.05) is 11.6 Å². The first-order valence-corrected chi connectivity index (χ1v) is 6.31. The number of aryl methyl sites for hydroxylation is 1. The van der Waals surface area contributed by atoms with Crippen LogP contribution in [-0.2, 0) is 6.42 Å². The van der Waals surface area contributed by atoms with Gasteiger partial charge in [0.15, 0.2) is 11.5 Å². The summed E-state index contributed by atoms with van der Waals surface area (Å²) in [6, 6.07) is 4.69. The average molecular weight is 235 g/mol. The third-order valence-corrected chi connectivity index (χ3v) is 3.38. The van der Waals surface area contributed by atoms with Crippen LogP contribution in [0.5, 0.6) is 11.5 Å². The number of rotatable bonds is 3. The summed E-state index contributed by atoms with van der Waals surface area (Å²) in [5.41, 5.74) is 2.53. The molecule has 0 amide bonds. The predicted octanol–water partition coefficient (Wildman–Crippen LogP) is 2.69. The molecule has 1 aromatic carbocycles. The first-order valence-electron chi connectivity index (χ1n) is 6.31. The van der Waals surface area contributed by atoms with Crippen LogP contribution in [0.1, 0.15) is 36.9 Å². The maximum Gasteiger partial charge on any atom is 0.165 e. The summed E-state index contributed by atoms with van der Waals surface area (Å²) in [5, 5.41) is 3.37. The highest BCUT2D eigenvalue weighted by atomic mass is 16.5. The fourth-order valence-electron chi connectivity index (χ4n) is 2.37. The molecule has 3 nitrogen and oxygen atoms in total. The van der Waals surface area contributed by atoms with Crippen LogP contribution in [-0.4, -0.2) is 20.8 Å². The second-order valence-electron chi connectivity index (χ2n) is 4.40. The average Bonchev–Trinajstić information content (AvgIpc) is 2.59. The quantitative estimate of drug-likeness (QED) is 0.873. The monoisotopic (exact) mass is 235 g/mol. The van der Waals surface area contributed by atoms with Crippen molar-refractivity contribution in [3.8, 4) is 11.5 Å². The van der Waals surface area contributed by atoms with E-state index in [1.54, 1.807) is 7.11 Å². The van der Waals surface area contributed by atoms with Gasteiger partial charge in [-0.1, -0.05) is 13.0 Å². The van der Waals surface area contributed by atoms with E-state index in [4.69, 9.17) is 9.47 Å². The topological polar surface area (TPSA) is 30.5 Å². The van der Waals surface area contributed by atoms with Crippen molar-refractivity contribution < 1.29 is 9.47 Å². The van der Waals surface area contributed by atoms with Gasteiger partial charge in [0.05, 0.1) is 13.7 Å². The summed E-state index contributed by atoms with van der Waals surface area (Å²) < 4.78 is 11.3. The van der Waals surface area contributed by atoms with Gasteiger partial charge in [0.2, 0.25) is 0 Å². The summed E-state index contributed by atoms with van der Waals surface area (Å²) in [5.74, 6) is 1.78. The Bertz CT molecular complexity index is 390. The molecule has 0 radical (unpaired) electrons. The minimum atomic E-state index is 0.368. The Balaban J connectivity index is 2.51. The standard InChI is InChI=1S/C14H21NO2/c1-4-10-8-11-12(15-2)6-5-7-17-14(11)13(9-10)16-3/h8-9,12,15H,4-7H2,1-3H3. The van der Waals surface area contributed by atoms with Gasteiger partial charge in [0.1, 0.15) is 0 Å². The molecule has 94 valence electrons. The fourth-order valence-corrected chi connectivity index (χ4v) is 2.37. The molecule has 1 unspecified atom stereocenters. The van der Waals surface area contributed by atoms with E-state index in [1.165, 1.54) is 11.1 Å². The molecule has 0 aliphatic carbocycles. The molecule has 0 bridgehead atoms. The Morgan fingerprint density at radius 3 is 2.94 bits per heavy atom. The van der Waals surface area contributed by atoms with Gasteiger partial charge < -0.3 is 14.8 Å². The largest absolute Gasteiger partial charge is 0.493 e. The third kappa shape index (κ3) is 2.39. The van der Waals surface area contributed by atoms with Crippen molar-refractivity contribution in [1.29, 1.82) is 0 Å². The molecule has 0 spiro atoms. The van der Waals surface area contributed by atoms with Crippen molar-refractivity contribution in [1.82, 2.24) is 5.32 Å². The predicted molar refractivity (Wildman–Crippen MR) is 68.9 cm³/mol. The SMILES string of the molecule is CCc1cc(OC)c2c(c1)C(NC)CCCO2. The molecule has 17 heavy (non-hydrogen) atoms. The van der Waals surface area contributed by atoms with E-state index >= 15 is 0 Å². The summed E-state index contributed by atoms with van der Waals surface area (Å²) in [6.07, 6.45) is 3.20. The first kappa shape index (κ1) is 12.2. The summed E-state index contributed by atoms with van der Waals surface area (Å²) >= 11 is 0.